The van der Waals surface area contributed by atoms with Crippen LogP contribution < -0.4 is 10.1 Å². The number of rotatable bonds is 7. The van der Waals surface area contributed by atoms with Crippen molar-refractivity contribution < 1.29 is 28.6 Å². The van der Waals surface area contributed by atoms with E-state index >= 15 is 0 Å². The average molecular weight is 476 g/mol. The third-order valence-electron chi connectivity index (χ3n) is 4.61. The molecule has 166 valence electrons. The van der Waals surface area contributed by atoms with Gasteiger partial charge in [0.15, 0.2) is 6.61 Å². The standard InChI is InChI=1S/C23H19Cl2NO6/c1-30-22(28)15-7-14-8-16(24)10-18(25)21(14)19(9-15)32-12-20(27)26-11-13-5-3-4-6-17(13)23(29)31-2/h3-10H,11-12H2,1-2H3,(H,26,27). The van der Waals surface area contributed by atoms with Crippen molar-refractivity contribution in [1.82, 2.24) is 5.32 Å². The molecule has 0 atom stereocenters. The Bertz CT molecular complexity index is 1190. The smallest absolute Gasteiger partial charge is 0.338 e. The number of nitrogens with one attached hydrogen (secondary N) is 1. The maximum Gasteiger partial charge on any atom is 0.338 e. The van der Waals surface area contributed by atoms with Crippen molar-refractivity contribution in [2.75, 3.05) is 20.8 Å². The highest BCUT2D eigenvalue weighted by Gasteiger charge is 2.16. The fraction of sp³-hybridized carbons (Fsp3) is 0.174. The van der Waals surface area contributed by atoms with Gasteiger partial charge in [-0.05, 0) is 41.3 Å². The van der Waals surface area contributed by atoms with E-state index in [1.807, 2.05) is 0 Å². The van der Waals surface area contributed by atoms with Gasteiger partial charge in [0, 0.05) is 17.0 Å². The zero-order valence-electron chi connectivity index (χ0n) is 17.2. The second-order valence-corrected chi connectivity index (χ2v) is 7.51. The Balaban J connectivity index is 1.78. The van der Waals surface area contributed by atoms with E-state index in [1.165, 1.54) is 20.3 Å². The van der Waals surface area contributed by atoms with Crippen molar-refractivity contribution in [3.8, 4) is 5.75 Å². The molecule has 1 amide bonds. The first kappa shape index (κ1) is 23.4. The highest BCUT2D eigenvalue weighted by molar-refractivity contribution is 6.39. The second-order valence-electron chi connectivity index (χ2n) is 6.67. The van der Waals surface area contributed by atoms with E-state index in [4.69, 9.17) is 37.4 Å². The zero-order chi connectivity index (χ0) is 23.3. The number of fused-ring (bicyclic) bond motifs is 1. The van der Waals surface area contributed by atoms with E-state index in [2.05, 4.69) is 5.32 Å². The maximum absolute atomic E-state index is 12.4. The van der Waals surface area contributed by atoms with Crippen molar-refractivity contribution in [2.45, 2.75) is 6.54 Å². The van der Waals surface area contributed by atoms with E-state index in [-0.39, 0.29) is 24.5 Å². The number of carbonyl (C=O) groups excluding carboxylic acids is 3. The molecule has 0 aliphatic rings. The van der Waals surface area contributed by atoms with Crippen molar-refractivity contribution in [2.24, 2.45) is 0 Å². The molecular weight excluding hydrogens is 457 g/mol. The summed E-state index contributed by atoms with van der Waals surface area (Å²) in [6.45, 7) is -0.244. The van der Waals surface area contributed by atoms with Crippen LogP contribution in [0.15, 0.2) is 48.5 Å². The molecule has 3 aromatic carbocycles. The molecule has 0 radical (unpaired) electrons. The maximum atomic E-state index is 12.4. The van der Waals surface area contributed by atoms with Crippen LogP contribution in [0.4, 0.5) is 0 Å². The summed E-state index contributed by atoms with van der Waals surface area (Å²) in [7, 11) is 2.55. The SMILES string of the molecule is COC(=O)c1cc(OCC(=O)NCc2ccccc2C(=O)OC)c2c(Cl)cc(Cl)cc2c1. The van der Waals surface area contributed by atoms with E-state index < -0.39 is 17.8 Å². The molecule has 0 unspecified atom stereocenters. The zero-order valence-corrected chi connectivity index (χ0v) is 18.8. The lowest BCUT2D eigenvalue weighted by atomic mass is 10.1. The average Bonchev–Trinajstić information content (AvgIpc) is 2.79. The molecule has 0 bridgehead atoms. The second kappa shape index (κ2) is 10.3. The molecule has 0 saturated carbocycles. The Labute approximate surface area is 194 Å². The van der Waals surface area contributed by atoms with Gasteiger partial charge in [0.25, 0.3) is 5.91 Å². The van der Waals surface area contributed by atoms with E-state index in [0.29, 0.717) is 31.9 Å². The van der Waals surface area contributed by atoms with Gasteiger partial charge in [0.1, 0.15) is 5.75 Å². The van der Waals surface area contributed by atoms with Gasteiger partial charge < -0.3 is 19.5 Å². The molecule has 3 aromatic rings. The monoisotopic (exact) mass is 475 g/mol. The highest BCUT2D eigenvalue weighted by Crippen LogP contribution is 2.36. The third kappa shape index (κ3) is 5.30. The lowest BCUT2D eigenvalue weighted by molar-refractivity contribution is -0.123. The third-order valence-corrected chi connectivity index (χ3v) is 5.12. The van der Waals surface area contributed by atoms with Crippen LogP contribution in [0.2, 0.25) is 10.0 Å². The van der Waals surface area contributed by atoms with Crippen LogP contribution in [0.3, 0.4) is 0 Å². The van der Waals surface area contributed by atoms with Gasteiger partial charge in [-0.15, -0.1) is 0 Å². The molecule has 0 spiro atoms. The first-order valence-corrected chi connectivity index (χ1v) is 10.2. The number of methoxy groups -OCH3 is 2. The summed E-state index contributed by atoms with van der Waals surface area (Å²) in [5, 5.41) is 4.46. The first-order valence-electron chi connectivity index (χ1n) is 9.41. The van der Waals surface area contributed by atoms with Gasteiger partial charge in [-0.25, -0.2) is 9.59 Å². The van der Waals surface area contributed by atoms with Gasteiger partial charge in [-0.1, -0.05) is 41.4 Å². The molecule has 3 rings (SSSR count). The Morgan fingerprint density at radius 1 is 0.938 bits per heavy atom. The molecule has 0 aromatic heterocycles. The minimum Gasteiger partial charge on any atom is -0.483 e. The number of amides is 1. The van der Waals surface area contributed by atoms with Crippen LogP contribution in [0.5, 0.6) is 5.75 Å². The number of esters is 2. The van der Waals surface area contributed by atoms with Crippen molar-refractivity contribution in [3.63, 3.8) is 0 Å². The Hall–Kier alpha value is -3.29. The van der Waals surface area contributed by atoms with E-state index in [0.717, 1.165) is 0 Å². The van der Waals surface area contributed by atoms with Crippen LogP contribution in [0.1, 0.15) is 26.3 Å². The normalized spacial score (nSPS) is 10.5. The molecule has 1 N–H and O–H groups in total. The Morgan fingerprint density at radius 2 is 1.66 bits per heavy atom. The van der Waals surface area contributed by atoms with Crippen LogP contribution in [0.25, 0.3) is 10.8 Å². The number of ether oxygens (including phenoxy) is 3. The molecule has 0 heterocycles. The fourth-order valence-corrected chi connectivity index (χ4v) is 3.71. The topological polar surface area (TPSA) is 90.9 Å². The molecular formula is C23H19Cl2NO6. The summed E-state index contributed by atoms with van der Waals surface area (Å²) in [5.41, 5.74) is 1.18. The summed E-state index contributed by atoms with van der Waals surface area (Å²) in [5.74, 6) is -1.27. The van der Waals surface area contributed by atoms with Crippen LogP contribution >= 0.6 is 23.2 Å². The lowest BCUT2D eigenvalue weighted by Gasteiger charge is -2.13. The van der Waals surface area contributed by atoms with Gasteiger partial charge in [-0.2, -0.15) is 0 Å². The molecule has 0 aliphatic heterocycles. The van der Waals surface area contributed by atoms with Gasteiger partial charge >= 0.3 is 11.9 Å². The largest absolute Gasteiger partial charge is 0.483 e. The predicted molar refractivity (Wildman–Crippen MR) is 120 cm³/mol. The van der Waals surface area contributed by atoms with Crippen molar-refractivity contribution >= 4 is 51.8 Å². The van der Waals surface area contributed by atoms with Gasteiger partial charge in [-0.3, -0.25) is 4.79 Å². The quantitative estimate of drug-likeness (QED) is 0.508. The minimum atomic E-state index is -0.572. The molecule has 0 fully saturated rings. The van der Waals surface area contributed by atoms with Crippen LogP contribution in [-0.4, -0.2) is 38.7 Å². The lowest BCUT2D eigenvalue weighted by Crippen LogP contribution is -2.29. The van der Waals surface area contributed by atoms with Gasteiger partial charge in [0.2, 0.25) is 0 Å². The summed E-state index contributed by atoms with van der Waals surface area (Å²) < 4.78 is 15.2. The number of hydrogen-bond donors (Lipinski definition) is 1. The van der Waals surface area contributed by atoms with Crippen molar-refractivity contribution in [1.29, 1.82) is 0 Å². The molecule has 7 nitrogen and oxygen atoms in total. The summed E-state index contributed by atoms with van der Waals surface area (Å²) in [6.07, 6.45) is 0. The number of benzene rings is 3. The summed E-state index contributed by atoms with van der Waals surface area (Å²) in [6, 6.07) is 13.0. The Kier molecular flexibility index (Phi) is 7.56. The first-order chi connectivity index (χ1) is 15.3. The van der Waals surface area contributed by atoms with E-state index in [1.54, 1.807) is 42.5 Å². The van der Waals surface area contributed by atoms with Gasteiger partial charge in [0.05, 0.1) is 30.4 Å². The summed E-state index contributed by atoms with van der Waals surface area (Å²) >= 11 is 12.4. The number of carbonyl (C=O) groups is 3. The molecule has 32 heavy (non-hydrogen) atoms. The Morgan fingerprint density at radius 3 is 2.38 bits per heavy atom. The number of hydrogen-bond acceptors (Lipinski definition) is 6. The highest BCUT2D eigenvalue weighted by atomic mass is 35.5. The van der Waals surface area contributed by atoms with Crippen LogP contribution in [0, 0.1) is 0 Å². The molecule has 9 heteroatoms. The fourth-order valence-electron chi connectivity index (χ4n) is 3.11. The molecule has 0 aliphatic carbocycles. The number of halogens is 2. The minimum absolute atomic E-state index is 0.104. The predicted octanol–water partition coefficient (Wildman–Crippen LogP) is 4.42. The van der Waals surface area contributed by atoms with Crippen molar-refractivity contribution in [3.05, 3.63) is 75.3 Å². The summed E-state index contributed by atoms with van der Waals surface area (Å²) in [4.78, 5) is 36.3. The molecule has 0 saturated heterocycles. The van der Waals surface area contributed by atoms with E-state index in [9.17, 15) is 14.4 Å². The van der Waals surface area contributed by atoms with Crippen LogP contribution in [-0.2, 0) is 20.8 Å².